The molecule has 9 nitrogen and oxygen atoms in total. The molecule has 3 aromatic rings. The molecule has 31 heavy (non-hydrogen) atoms. The van der Waals surface area contributed by atoms with Crippen LogP contribution in [0.5, 0.6) is 0 Å². The number of carbonyl (C=O) groups is 1. The Labute approximate surface area is 181 Å². The first-order valence-electron chi connectivity index (χ1n) is 10.2. The molecule has 1 fully saturated rings. The van der Waals surface area contributed by atoms with Gasteiger partial charge in [0.15, 0.2) is 11.5 Å². The molecule has 3 heterocycles. The van der Waals surface area contributed by atoms with Crippen LogP contribution in [-0.2, 0) is 19.6 Å². The number of anilines is 1. The van der Waals surface area contributed by atoms with Gasteiger partial charge in [0.25, 0.3) is 10.0 Å². The molecule has 164 valence electrons. The summed E-state index contributed by atoms with van der Waals surface area (Å²) in [5, 5.41) is 2.50. The Bertz CT molecular complexity index is 1190. The summed E-state index contributed by atoms with van der Waals surface area (Å²) in [4.78, 5) is 20.8. The summed E-state index contributed by atoms with van der Waals surface area (Å²) in [5.41, 5.74) is 4.50. The molecule has 0 spiro atoms. The number of ether oxygens (including phenoxy) is 1. The number of esters is 1. The maximum absolute atomic E-state index is 13.1. The van der Waals surface area contributed by atoms with E-state index in [2.05, 4.69) is 15.4 Å². The van der Waals surface area contributed by atoms with Gasteiger partial charge in [-0.25, -0.2) is 27.4 Å². The van der Waals surface area contributed by atoms with Crippen LogP contribution in [0.25, 0.3) is 11.0 Å². The maximum atomic E-state index is 13.1. The number of hydrogen-bond acceptors (Lipinski definition) is 8. The third-order valence-corrected chi connectivity index (χ3v) is 7.01. The van der Waals surface area contributed by atoms with E-state index in [-0.39, 0.29) is 22.4 Å². The lowest BCUT2D eigenvalue weighted by Crippen LogP contribution is -2.42. The number of nitrogens with zero attached hydrogens (tertiary/aromatic N) is 4. The van der Waals surface area contributed by atoms with Crippen molar-refractivity contribution >= 4 is 32.8 Å². The van der Waals surface area contributed by atoms with Crippen molar-refractivity contribution in [1.82, 2.24) is 18.9 Å². The van der Waals surface area contributed by atoms with E-state index >= 15 is 0 Å². The Morgan fingerprint density at radius 3 is 2.74 bits per heavy atom. The fourth-order valence-corrected chi connectivity index (χ4v) is 5.02. The number of piperidine rings is 1. The van der Waals surface area contributed by atoms with Crippen molar-refractivity contribution in [1.29, 1.82) is 0 Å². The van der Waals surface area contributed by atoms with Crippen molar-refractivity contribution in [3.8, 4) is 0 Å². The number of fused-ring (bicyclic) bond motifs is 1. The second-order valence-electron chi connectivity index (χ2n) is 7.54. The third-order valence-electron chi connectivity index (χ3n) is 5.33. The zero-order valence-electron chi connectivity index (χ0n) is 17.5. The summed E-state index contributed by atoms with van der Waals surface area (Å²) in [5.74, 6) is 0.0922. The average Bonchev–Trinajstić information content (AvgIpc) is 3.21. The van der Waals surface area contributed by atoms with Crippen molar-refractivity contribution in [3.05, 3.63) is 48.4 Å². The highest BCUT2D eigenvalue weighted by atomic mass is 32.2. The summed E-state index contributed by atoms with van der Waals surface area (Å²) in [6, 6.07) is 8.37. The summed E-state index contributed by atoms with van der Waals surface area (Å²) < 4.78 is 32.6. The fraction of sp³-hybridized carbons (Fsp3) is 0.381. The van der Waals surface area contributed by atoms with Crippen molar-refractivity contribution in [2.45, 2.75) is 31.6 Å². The maximum Gasteiger partial charge on any atom is 0.310 e. The van der Waals surface area contributed by atoms with Crippen LogP contribution in [0.4, 0.5) is 5.82 Å². The predicted molar refractivity (Wildman–Crippen MR) is 116 cm³/mol. The minimum atomic E-state index is -3.79. The van der Waals surface area contributed by atoms with Crippen LogP contribution in [-0.4, -0.2) is 53.0 Å². The Morgan fingerprint density at radius 1 is 1.23 bits per heavy atom. The number of aryl methyl sites for hydroxylation is 1. The summed E-state index contributed by atoms with van der Waals surface area (Å²) in [7, 11) is -3.79. The lowest BCUT2D eigenvalue weighted by atomic mass is 9.99. The Kier molecular flexibility index (Phi) is 5.92. The van der Waals surface area contributed by atoms with E-state index < -0.39 is 10.0 Å². The van der Waals surface area contributed by atoms with Gasteiger partial charge in [0.05, 0.1) is 22.8 Å². The van der Waals surface area contributed by atoms with E-state index in [4.69, 9.17) is 4.74 Å². The Hall–Kier alpha value is -2.98. The van der Waals surface area contributed by atoms with E-state index in [9.17, 15) is 13.2 Å². The SMILES string of the molecule is CCOC(=O)C1CCCN(Nc2ncnc3c2ccn3S(=O)(=O)c2ccc(C)cc2)C1. The number of carbonyl (C=O) groups excluding carboxylic acids is 1. The molecule has 2 aromatic heterocycles. The van der Waals surface area contributed by atoms with Gasteiger partial charge < -0.3 is 10.2 Å². The molecule has 4 rings (SSSR count). The fourth-order valence-electron chi connectivity index (χ4n) is 3.72. The van der Waals surface area contributed by atoms with Crippen molar-refractivity contribution in [2.24, 2.45) is 5.92 Å². The van der Waals surface area contributed by atoms with Gasteiger partial charge in [-0.05, 0) is 44.9 Å². The molecular weight excluding hydrogens is 418 g/mol. The largest absolute Gasteiger partial charge is 0.466 e. The van der Waals surface area contributed by atoms with E-state index in [0.29, 0.717) is 24.4 Å². The minimum Gasteiger partial charge on any atom is -0.466 e. The van der Waals surface area contributed by atoms with E-state index in [0.717, 1.165) is 28.9 Å². The second kappa shape index (κ2) is 8.64. The highest BCUT2D eigenvalue weighted by Crippen LogP contribution is 2.26. The van der Waals surface area contributed by atoms with Gasteiger partial charge in [0.1, 0.15) is 6.33 Å². The molecule has 0 radical (unpaired) electrons. The summed E-state index contributed by atoms with van der Waals surface area (Å²) in [6.07, 6.45) is 4.44. The highest BCUT2D eigenvalue weighted by Gasteiger charge is 2.28. The molecule has 1 N–H and O–H groups in total. The molecule has 1 atom stereocenters. The summed E-state index contributed by atoms with van der Waals surface area (Å²) in [6.45, 7) is 5.29. The monoisotopic (exact) mass is 443 g/mol. The molecule has 1 aromatic carbocycles. The van der Waals surface area contributed by atoms with Gasteiger partial charge in [0.2, 0.25) is 0 Å². The first-order valence-corrected chi connectivity index (χ1v) is 11.7. The van der Waals surface area contributed by atoms with E-state index in [1.165, 1.54) is 12.5 Å². The van der Waals surface area contributed by atoms with Crippen LogP contribution in [0.2, 0.25) is 0 Å². The molecule has 0 aliphatic carbocycles. The second-order valence-corrected chi connectivity index (χ2v) is 9.35. The molecule has 1 aliphatic heterocycles. The Balaban J connectivity index is 1.61. The molecule has 0 amide bonds. The summed E-state index contributed by atoms with van der Waals surface area (Å²) >= 11 is 0. The number of rotatable bonds is 6. The molecule has 0 bridgehead atoms. The molecular formula is C21H25N5O4S. The first kappa shape index (κ1) is 21.3. The zero-order chi connectivity index (χ0) is 22.0. The van der Waals surface area contributed by atoms with Crippen molar-refractivity contribution < 1.29 is 17.9 Å². The van der Waals surface area contributed by atoms with Crippen LogP contribution in [0.1, 0.15) is 25.3 Å². The smallest absolute Gasteiger partial charge is 0.310 e. The van der Waals surface area contributed by atoms with Gasteiger partial charge in [-0.15, -0.1) is 0 Å². The van der Waals surface area contributed by atoms with Crippen LogP contribution in [0.15, 0.2) is 47.8 Å². The lowest BCUT2D eigenvalue weighted by molar-refractivity contribution is -0.149. The normalized spacial score (nSPS) is 17.5. The highest BCUT2D eigenvalue weighted by molar-refractivity contribution is 7.90. The van der Waals surface area contributed by atoms with Crippen LogP contribution in [0, 0.1) is 12.8 Å². The number of nitrogens with one attached hydrogen (secondary N) is 1. The topological polar surface area (TPSA) is 106 Å². The van der Waals surface area contributed by atoms with Crippen LogP contribution in [0.3, 0.4) is 0 Å². The van der Waals surface area contributed by atoms with E-state index in [1.54, 1.807) is 37.3 Å². The zero-order valence-corrected chi connectivity index (χ0v) is 18.3. The van der Waals surface area contributed by atoms with Crippen LogP contribution < -0.4 is 5.43 Å². The van der Waals surface area contributed by atoms with Gasteiger partial charge >= 0.3 is 5.97 Å². The van der Waals surface area contributed by atoms with Gasteiger partial charge in [0, 0.05) is 19.3 Å². The lowest BCUT2D eigenvalue weighted by Gasteiger charge is -2.31. The molecule has 1 aliphatic rings. The third kappa shape index (κ3) is 4.26. The molecule has 1 unspecified atom stereocenters. The van der Waals surface area contributed by atoms with E-state index in [1.807, 2.05) is 11.9 Å². The van der Waals surface area contributed by atoms with Gasteiger partial charge in [-0.2, -0.15) is 0 Å². The molecule has 0 saturated carbocycles. The first-order chi connectivity index (χ1) is 14.9. The number of aromatic nitrogens is 3. The predicted octanol–water partition coefficient (Wildman–Crippen LogP) is 2.58. The molecule has 10 heteroatoms. The molecule has 1 saturated heterocycles. The quantitative estimate of drug-likeness (QED) is 0.580. The number of hydrazine groups is 1. The average molecular weight is 444 g/mol. The minimum absolute atomic E-state index is 0.192. The van der Waals surface area contributed by atoms with Gasteiger partial charge in [-0.3, -0.25) is 4.79 Å². The Morgan fingerprint density at radius 2 is 2.00 bits per heavy atom. The van der Waals surface area contributed by atoms with Crippen molar-refractivity contribution in [2.75, 3.05) is 25.1 Å². The van der Waals surface area contributed by atoms with Crippen molar-refractivity contribution in [3.63, 3.8) is 0 Å². The standard InChI is InChI=1S/C21H25N5O4S/c1-3-30-21(27)16-5-4-11-25(13-16)24-19-18-10-12-26(20(18)23-14-22-19)31(28,29)17-8-6-15(2)7-9-17/h6-10,12,14,16H,3-5,11,13H2,1-2H3,(H,22,23,24). The number of benzene rings is 1. The number of hydrogen-bond donors (Lipinski definition) is 1. The van der Waals surface area contributed by atoms with Gasteiger partial charge in [-0.1, -0.05) is 17.7 Å². The van der Waals surface area contributed by atoms with Crippen LogP contribution >= 0.6 is 0 Å².